The summed E-state index contributed by atoms with van der Waals surface area (Å²) in [5, 5.41) is 4.03. The molecule has 0 spiro atoms. The van der Waals surface area contributed by atoms with Crippen LogP contribution in [0, 0.1) is 0 Å². The molecule has 7 heteroatoms. The van der Waals surface area contributed by atoms with Crippen molar-refractivity contribution in [3.8, 4) is 0 Å². The lowest BCUT2D eigenvalue weighted by Crippen LogP contribution is -2.25. The molecule has 0 saturated carbocycles. The molecule has 92 valence electrons. The lowest BCUT2D eigenvalue weighted by molar-refractivity contribution is -0.190. The van der Waals surface area contributed by atoms with Gasteiger partial charge < -0.3 is 0 Å². The number of aryl methyl sites for hydroxylation is 1. The van der Waals surface area contributed by atoms with E-state index in [4.69, 9.17) is 0 Å². The SMILES string of the molecule is CCCn1nccc1CNOCC(F)(F)F. The Balaban J connectivity index is 2.29. The van der Waals surface area contributed by atoms with Crippen molar-refractivity contribution in [2.75, 3.05) is 6.61 Å². The Bertz CT molecular complexity index is 311. The number of hydrogen-bond acceptors (Lipinski definition) is 3. The molecule has 1 aromatic rings. The Kier molecular flexibility index (Phi) is 4.75. The van der Waals surface area contributed by atoms with Gasteiger partial charge in [-0.25, -0.2) is 0 Å². The predicted octanol–water partition coefficient (Wildman–Crippen LogP) is 1.88. The number of alkyl halides is 3. The standard InChI is InChI=1S/C9H14F3N3O/c1-2-5-15-8(3-4-13-15)6-14-16-7-9(10,11)12/h3-4,14H,2,5-7H2,1H3. The minimum absolute atomic E-state index is 0.204. The van der Waals surface area contributed by atoms with Gasteiger partial charge in [0.15, 0.2) is 6.61 Å². The summed E-state index contributed by atoms with van der Waals surface area (Å²) in [5.41, 5.74) is 3.06. The number of hydroxylamine groups is 1. The Labute approximate surface area is 91.3 Å². The van der Waals surface area contributed by atoms with Crippen molar-refractivity contribution < 1.29 is 18.0 Å². The molecule has 16 heavy (non-hydrogen) atoms. The highest BCUT2D eigenvalue weighted by molar-refractivity contribution is 4.99. The van der Waals surface area contributed by atoms with E-state index in [1.807, 2.05) is 6.92 Å². The summed E-state index contributed by atoms with van der Waals surface area (Å²) in [6.45, 7) is 1.65. The molecule has 4 nitrogen and oxygen atoms in total. The van der Waals surface area contributed by atoms with Gasteiger partial charge >= 0.3 is 6.18 Å². The second-order valence-corrected chi connectivity index (χ2v) is 3.27. The van der Waals surface area contributed by atoms with Gasteiger partial charge in [-0.3, -0.25) is 9.52 Å². The van der Waals surface area contributed by atoms with Crippen LogP contribution in [-0.2, 0) is 17.9 Å². The van der Waals surface area contributed by atoms with Crippen molar-refractivity contribution >= 4 is 0 Å². The molecule has 0 aliphatic carbocycles. The van der Waals surface area contributed by atoms with E-state index in [1.165, 1.54) is 0 Å². The molecule has 1 rings (SSSR count). The van der Waals surface area contributed by atoms with E-state index in [1.54, 1.807) is 16.9 Å². The molecular weight excluding hydrogens is 223 g/mol. The van der Waals surface area contributed by atoms with E-state index in [-0.39, 0.29) is 6.54 Å². The Morgan fingerprint density at radius 1 is 1.50 bits per heavy atom. The van der Waals surface area contributed by atoms with Gasteiger partial charge in [-0.1, -0.05) is 6.92 Å². The van der Waals surface area contributed by atoms with Gasteiger partial charge in [0, 0.05) is 12.7 Å². The fraction of sp³-hybridized carbons (Fsp3) is 0.667. The van der Waals surface area contributed by atoms with Crippen LogP contribution >= 0.6 is 0 Å². The number of nitrogens with one attached hydrogen (secondary N) is 1. The molecule has 1 heterocycles. The minimum atomic E-state index is -4.31. The van der Waals surface area contributed by atoms with Gasteiger partial charge in [0.25, 0.3) is 0 Å². The van der Waals surface area contributed by atoms with Crippen LogP contribution in [0.4, 0.5) is 13.2 Å². The van der Waals surface area contributed by atoms with Crippen LogP contribution in [-0.4, -0.2) is 22.6 Å². The summed E-state index contributed by atoms with van der Waals surface area (Å²) in [6.07, 6.45) is -1.79. The quantitative estimate of drug-likeness (QED) is 0.606. The van der Waals surface area contributed by atoms with Crippen molar-refractivity contribution in [2.45, 2.75) is 32.6 Å². The second-order valence-electron chi connectivity index (χ2n) is 3.27. The fourth-order valence-corrected chi connectivity index (χ4v) is 1.18. The summed E-state index contributed by atoms with van der Waals surface area (Å²) in [6, 6.07) is 1.74. The first kappa shape index (κ1) is 13.0. The molecule has 0 radical (unpaired) electrons. The molecule has 1 N–H and O–H groups in total. The Morgan fingerprint density at radius 2 is 2.25 bits per heavy atom. The zero-order valence-corrected chi connectivity index (χ0v) is 8.92. The second kappa shape index (κ2) is 5.86. The van der Waals surface area contributed by atoms with Crippen LogP contribution in [0.3, 0.4) is 0 Å². The zero-order chi connectivity index (χ0) is 12.0. The van der Waals surface area contributed by atoms with E-state index in [9.17, 15) is 13.2 Å². The number of hydrogen-bond donors (Lipinski definition) is 1. The van der Waals surface area contributed by atoms with Crippen LogP contribution in [0.25, 0.3) is 0 Å². The normalized spacial score (nSPS) is 12.0. The van der Waals surface area contributed by atoms with Crippen LogP contribution in [0.2, 0.25) is 0 Å². The predicted molar refractivity (Wildman–Crippen MR) is 51.4 cm³/mol. The molecule has 0 bridgehead atoms. The number of halogens is 3. The molecular formula is C9H14F3N3O. The highest BCUT2D eigenvalue weighted by Gasteiger charge is 2.27. The average Bonchev–Trinajstić information content (AvgIpc) is 2.60. The van der Waals surface area contributed by atoms with E-state index < -0.39 is 12.8 Å². The molecule has 0 atom stereocenters. The van der Waals surface area contributed by atoms with Crippen molar-refractivity contribution in [2.24, 2.45) is 0 Å². The molecule has 0 unspecified atom stereocenters. The lowest BCUT2D eigenvalue weighted by atomic mass is 10.4. The van der Waals surface area contributed by atoms with Crippen LogP contribution in [0.5, 0.6) is 0 Å². The molecule has 0 amide bonds. The van der Waals surface area contributed by atoms with Gasteiger partial charge in [0.1, 0.15) is 0 Å². The van der Waals surface area contributed by atoms with Crippen molar-refractivity contribution in [3.63, 3.8) is 0 Å². The number of aromatic nitrogens is 2. The highest BCUT2D eigenvalue weighted by Crippen LogP contribution is 2.13. The summed E-state index contributed by atoms with van der Waals surface area (Å²) < 4.78 is 36.9. The molecule has 0 fully saturated rings. The van der Waals surface area contributed by atoms with Gasteiger partial charge in [-0.2, -0.15) is 23.8 Å². The number of nitrogens with zero attached hydrogens (tertiary/aromatic N) is 2. The Hall–Kier alpha value is -1.08. The monoisotopic (exact) mass is 237 g/mol. The first-order valence-electron chi connectivity index (χ1n) is 4.95. The summed E-state index contributed by atoms with van der Waals surface area (Å²) >= 11 is 0. The van der Waals surface area contributed by atoms with Crippen molar-refractivity contribution in [1.29, 1.82) is 0 Å². The molecule has 1 aromatic heterocycles. The Morgan fingerprint density at radius 3 is 2.88 bits per heavy atom. The highest BCUT2D eigenvalue weighted by atomic mass is 19.4. The third-order valence-electron chi connectivity index (χ3n) is 1.83. The zero-order valence-electron chi connectivity index (χ0n) is 8.92. The topological polar surface area (TPSA) is 39.1 Å². The summed E-state index contributed by atoms with van der Waals surface area (Å²) in [5.74, 6) is 0. The smallest absolute Gasteiger partial charge is 0.292 e. The summed E-state index contributed by atoms with van der Waals surface area (Å²) in [7, 11) is 0. The van der Waals surface area contributed by atoms with E-state index in [2.05, 4.69) is 15.4 Å². The molecule has 0 aliphatic heterocycles. The van der Waals surface area contributed by atoms with Crippen LogP contribution in [0.15, 0.2) is 12.3 Å². The van der Waals surface area contributed by atoms with Crippen LogP contribution in [0.1, 0.15) is 19.0 Å². The molecule has 0 saturated heterocycles. The van der Waals surface area contributed by atoms with E-state index >= 15 is 0 Å². The third kappa shape index (κ3) is 4.63. The first-order valence-corrected chi connectivity index (χ1v) is 4.95. The van der Waals surface area contributed by atoms with Gasteiger partial charge in [0.2, 0.25) is 0 Å². The lowest BCUT2D eigenvalue weighted by Gasteiger charge is -2.09. The van der Waals surface area contributed by atoms with Crippen molar-refractivity contribution in [3.05, 3.63) is 18.0 Å². The van der Waals surface area contributed by atoms with Crippen molar-refractivity contribution in [1.82, 2.24) is 15.3 Å². The summed E-state index contributed by atoms with van der Waals surface area (Å²) in [4.78, 5) is 4.29. The largest absolute Gasteiger partial charge is 0.413 e. The average molecular weight is 237 g/mol. The number of rotatable bonds is 6. The third-order valence-corrected chi connectivity index (χ3v) is 1.83. The van der Waals surface area contributed by atoms with Crippen LogP contribution < -0.4 is 5.48 Å². The van der Waals surface area contributed by atoms with Gasteiger partial charge in [-0.05, 0) is 12.5 Å². The van der Waals surface area contributed by atoms with Gasteiger partial charge in [-0.15, -0.1) is 0 Å². The maximum atomic E-state index is 11.7. The minimum Gasteiger partial charge on any atom is -0.292 e. The van der Waals surface area contributed by atoms with Gasteiger partial charge in [0.05, 0.1) is 12.2 Å². The maximum absolute atomic E-state index is 11.7. The maximum Gasteiger partial charge on any atom is 0.413 e. The molecule has 0 aromatic carbocycles. The molecule has 0 aliphatic rings. The fourth-order valence-electron chi connectivity index (χ4n) is 1.18. The van der Waals surface area contributed by atoms with E-state index in [0.717, 1.165) is 18.7 Å². The van der Waals surface area contributed by atoms with E-state index in [0.29, 0.717) is 0 Å². The first-order chi connectivity index (χ1) is 7.53.